The lowest BCUT2D eigenvalue weighted by molar-refractivity contribution is 0.201. The molecule has 1 saturated carbocycles. The number of benzene rings is 2. The Labute approximate surface area is 154 Å². The van der Waals surface area contributed by atoms with Gasteiger partial charge in [-0.05, 0) is 79.3 Å². The molecule has 2 aromatic rings. The number of methoxy groups -OCH3 is 2. The van der Waals surface area contributed by atoms with E-state index in [1.807, 2.05) is 48.5 Å². The highest BCUT2D eigenvalue weighted by Crippen LogP contribution is 2.33. The van der Waals surface area contributed by atoms with Gasteiger partial charge < -0.3 is 14.2 Å². The van der Waals surface area contributed by atoms with E-state index < -0.39 is 0 Å². The van der Waals surface area contributed by atoms with E-state index in [2.05, 4.69) is 6.07 Å². The Balaban J connectivity index is 1.88. The van der Waals surface area contributed by atoms with Gasteiger partial charge in [0.05, 0.1) is 32.0 Å². The topological polar surface area (TPSA) is 51.5 Å². The van der Waals surface area contributed by atoms with Gasteiger partial charge in [0.2, 0.25) is 0 Å². The largest absolute Gasteiger partial charge is 0.497 e. The molecule has 0 unspecified atom stereocenters. The molecule has 0 amide bonds. The molecule has 0 atom stereocenters. The van der Waals surface area contributed by atoms with Crippen molar-refractivity contribution in [2.45, 2.75) is 31.8 Å². The first kappa shape index (κ1) is 17.9. The van der Waals surface area contributed by atoms with Crippen LogP contribution in [0.2, 0.25) is 0 Å². The van der Waals surface area contributed by atoms with Crippen molar-refractivity contribution in [1.29, 1.82) is 5.26 Å². The first-order valence-corrected chi connectivity index (χ1v) is 8.84. The lowest BCUT2D eigenvalue weighted by Crippen LogP contribution is -2.11. The molecule has 0 aliphatic heterocycles. The fraction of sp³-hybridized carbons (Fsp3) is 0.318. The van der Waals surface area contributed by atoms with Crippen molar-refractivity contribution < 1.29 is 14.2 Å². The summed E-state index contributed by atoms with van der Waals surface area (Å²) in [5.74, 6) is 2.22. The van der Waals surface area contributed by atoms with Crippen molar-refractivity contribution in [3.05, 3.63) is 53.6 Å². The van der Waals surface area contributed by atoms with Crippen LogP contribution in [0.1, 0.15) is 36.8 Å². The van der Waals surface area contributed by atoms with Crippen molar-refractivity contribution in [1.82, 2.24) is 0 Å². The van der Waals surface area contributed by atoms with Gasteiger partial charge in [-0.2, -0.15) is 5.26 Å². The molecular formula is C22H23NO3. The molecule has 3 rings (SSSR count). The zero-order valence-corrected chi connectivity index (χ0v) is 15.2. The van der Waals surface area contributed by atoms with Crippen LogP contribution in [0.25, 0.3) is 11.6 Å². The molecule has 0 spiro atoms. The number of ether oxygens (including phenoxy) is 3. The maximum absolute atomic E-state index is 9.56. The number of hydrogen-bond acceptors (Lipinski definition) is 4. The molecular weight excluding hydrogens is 326 g/mol. The van der Waals surface area contributed by atoms with Gasteiger partial charge in [-0.15, -0.1) is 0 Å². The van der Waals surface area contributed by atoms with E-state index in [1.54, 1.807) is 14.2 Å². The van der Waals surface area contributed by atoms with Crippen LogP contribution < -0.4 is 14.2 Å². The fourth-order valence-corrected chi connectivity index (χ4v) is 3.18. The third-order valence-electron chi connectivity index (χ3n) is 4.62. The van der Waals surface area contributed by atoms with Gasteiger partial charge in [-0.1, -0.05) is 6.07 Å². The van der Waals surface area contributed by atoms with E-state index in [1.165, 1.54) is 12.8 Å². The summed E-state index contributed by atoms with van der Waals surface area (Å²) >= 11 is 0. The number of allylic oxidation sites excluding steroid dienone is 1. The highest BCUT2D eigenvalue weighted by molar-refractivity contribution is 5.90. The van der Waals surface area contributed by atoms with Crippen molar-refractivity contribution in [2.24, 2.45) is 0 Å². The molecule has 0 bridgehead atoms. The second-order valence-corrected chi connectivity index (χ2v) is 6.33. The van der Waals surface area contributed by atoms with Crippen LogP contribution in [0.5, 0.6) is 17.2 Å². The van der Waals surface area contributed by atoms with E-state index in [4.69, 9.17) is 14.2 Å². The highest BCUT2D eigenvalue weighted by atomic mass is 16.5. The maximum atomic E-state index is 9.56. The Morgan fingerprint density at radius 1 is 1.00 bits per heavy atom. The lowest BCUT2D eigenvalue weighted by Gasteiger charge is -2.16. The summed E-state index contributed by atoms with van der Waals surface area (Å²) in [6, 6.07) is 15.5. The first-order chi connectivity index (χ1) is 12.7. The molecule has 1 fully saturated rings. The number of rotatable bonds is 6. The first-order valence-electron chi connectivity index (χ1n) is 8.84. The summed E-state index contributed by atoms with van der Waals surface area (Å²) in [7, 11) is 3.27. The molecule has 0 radical (unpaired) electrons. The standard InChI is InChI=1S/C22H23NO3/c1-24-19-10-8-17(9-11-19)18(15-23)13-16-7-12-21(25-2)22(14-16)26-20-5-3-4-6-20/h7-14,20H,3-6H2,1-2H3/b18-13+. The SMILES string of the molecule is COc1ccc(/C(C#N)=C/c2ccc(OC)c(OC3CCCC3)c2)cc1. The predicted molar refractivity (Wildman–Crippen MR) is 102 cm³/mol. The third-order valence-corrected chi connectivity index (χ3v) is 4.62. The zero-order valence-electron chi connectivity index (χ0n) is 15.2. The second-order valence-electron chi connectivity index (χ2n) is 6.33. The van der Waals surface area contributed by atoms with E-state index in [0.29, 0.717) is 5.57 Å². The van der Waals surface area contributed by atoms with E-state index in [-0.39, 0.29) is 6.10 Å². The van der Waals surface area contributed by atoms with E-state index in [0.717, 1.165) is 41.2 Å². The molecule has 2 aromatic carbocycles. The van der Waals surface area contributed by atoms with Crippen molar-refractivity contribution in [2.75, 3.05) is 14.2 Å². The van der Waals surface area contributed by atoms with Crippen LogP contribution in [-0.4, -0.2) is 20.3 Å². The summed E-state index contributed by atoms with van der Waals surface area (Å²) in [6.45, 7) is 0. The Bertz CT molecular complexity index is 812. The van der Waals surface area contributed by atoms with Gasteiger partial charge >= 0.3 is 0 Å². The van der Waals surface area contributed by atoms with Gasteiger partial charge in [0.25, 0.3) is 0 Å². The summed E-state index contributed by atoms with van der Waals surface area (Å²) < 4.78 is 16.7. The van der Waals surface area contributed by atoms with Gasteiger partial charge in [-0.25, -0.2) is 0 Å². The Morgan fingerprint density at radius 2 is 1.73 bits per heavy atom. The van der Waals surface area contributed by atoms with Gasteiger partial charge in [0.1, 0.15) is 5.75 Å². The second kappa shape index (κ2) is 8.44. The molecule has 1 aliphatic rings. The van der Waals surface area contributed by atoms with E-state index in [9.17, 15) is 5.26 Å². The summed E-state index contributed by atoms with van der Waals surface area (Å²) in [5, 5.41) is 9.56. The predicted octanol–water partition coefficient (Wildman–Crippen LogP) is 5.09. The lowest BCUT2D eigenvalue weighted by atomic mass is 10.0. The van der Waals surface area contributed by atoms with Gasteiger partial charge in [0.15, 0.2) is 11.5 Å². The summed E-state index contributed by atoms with van der Waals surface area (Å²) in [6.07, 6.45) is 6.70. The number of nitrogens with zero attached hydrogens (tertiary/aromatic N) is 1. The Morgan fingerprint density at radius 3 is 2.35 bits per heavy atom. The van der Waals surface area contributed by atoms with Crippen LogP contribution in [0, 0.1) is 11.3 Å². The van der Waals surface area contributed by atoms with Gasteiger partial charge in [-0.3, -0.25) is 0 Å². The molecule has 4 nitrogen and oxygen atoms in total. The van der Waals surface area contributed by atoms with Crippen molar-refractivity contribution in [3.8, 4) is 23.3 Å². The average Bonchev–Trinajstić information content (AvgIpc) is 3.19. The maximum Gasteiger partial charge on any atom is 0.162 e. The highest BCUT2D eigenvalue weighted by Gasteiger charge is 2.18. The Hall–Kier alpha value is -2.93. The molecule has 0 N–H and O–H groups in total. The van der Waals surface area contributed by atoms with Crippen LogP contribution in [0.3, 0.4) is 0 Å². The van der Waals surface area contributed by atoms with Crippen molar-refractivity contribution >= 4 is 11.6 Å². The monoisotopic (exact) mass is 349 g/mol. The molecule has 0 heterocycles. The average molecular weight is 349 g/mol. The quantitative estimate of drug-likeness (QED) is 0.538. The van der Waals surface area contributed by atoms with E-state index >= 15 is 0 Å². The molecule has 0 aromatic heterocycles. The van der Waals surface area contributed by atoms with Crippen LogP contribution in [0.15, 0.2) is 42.5 Å². The molecule has 0 saturated heterocycles. The number of nitriles is 1. The smallest absolute Gasteiger partial charge is 0.162 e. The van der Waals surface area contributed by atoms with Crippen molar-refractivity contribution in [3.63, 3.8) is 0 Å². The fourth-order valence-electron chi connectivity index (χ4n) is 3.18. The van der Waals surface area contributed by atoms with Crippen LogP contribution in [0.4, 0.5) is 0 Å². The molecule has 1 aliphatic carbocycles. The minimum absolute atomic E-state index is 0.250. The normalized spacial score (nSPS) is 14.7. The zero-order chi connectivity index (χ0) is 18.4. The molecule has 134 valence electrons. The van der Waals surface area contributed by atoms with Crippen LogP contribution >= 0.6 is 0 Å². The number of hydrogen-bond donors (Lipinski definition) is 0. The molecule has 26 heavy (non-hydrogen) atoms. The Kier molecular flexibility index (Phi) is 5.80. The van der Waals surface area contributed by atoms with Crippen LogP contribution in [-0.2, 0) is 0 Å². The minimum Gasteiger partial charge on any atom is -0.497 e. The van der Waals surface area contributed by atoms with Gasteiger partial charge in [0, 0.05) is 0 Å². The molecule has 4 heteroatoms. The summed E-state index contributed by atoms with van der Waals surface area (Å²) in [5.41, 5.74) is 2.35. The minimum atomic E-state index is 0.250. The summed E-state index contributed by atoms with van der Waals surface area (Å²) in [4.78, 5) is 0. The third kappa shape index (κ3) is 4.18.